The largest absolute Gasteiger partial charge is 0.497 e. The molecule has 2 aliphatic rings. The molecule has 0 spiro atoms. The summed E-state index contributed by atoms with van der Waals surface area (Å²) in [5.41, 5.74) is 1.55. The molecule has 0 aliphatic carbocycles. The van der Waals surface area contributed by atoms with Crippen LogP contribution in [0.5, 0.6) is 17.2 Å². The predicted octanol–water partition coefficient (Wildman–Crippen LogP) is 3.06. The van der Waals surface area contributed by atoms with Crippen molar-refractivity contribution < 1.29 is 28.5 Å². The molecular formula is C24H28N2O6. The zero-order chi connectivity index (χ0) is 22.5. The molecule has 1 saturated heterocycles. The molecule has 2 aliphatic heterocycles. The molecule has 32 heavy (non-hydrogen) atoms. The second kappa shape index (κ2) is 9.91. The molecule has 2 aromatic rings. The highest BCUT2D eigenvalue weighted by molar-refractivity contribution is 5.97. The van der Waals surface area contributed by atoms with E-state index in [4.69, 9.17) is 18.9 Å². The maximum Gasteiger partial charge on any atom is 0.231 e. The minimum absolute atomic E-state index is 0.0342. The fourth-order valence-corrected chi connectivity index (χ4v) is 4.25. The number of nitrogens with zero attached hydrogens (tertiary/aromatic N) is 1. The third kappa shape index (κ3) is 4.50. The van der Waals surface area contributed by atoms with Gasteiger partial charge in [0, 0.05) is 38.4 Å². The lowest BCUT2D eigenvalue weighted by Crippen LogP contribution is -2.48. The number of piperidine rings is 1. The van der Waals surface area contributed by atoms with E-state index in [1.165, 1.54) is 0 Å². The minimum atomic E-state index is -0.454. The highest BCUT2D eigenvalue weighted by Crippen LogP contribution is 2.43. The van der Waals surface area contributed by atoms with Crippen LogP contribution in [0.15, 0.2) is 42.5 Å². The van der Waals surface area contributed by atoms with Gasteiger partial charge in [0.25, 0.3) is 0 Å². The monoisotopic (exact) mass is 440 g/mol. The Morgan fingerprint density at radius 2 is 1.91 bits per heavy atom. The number of fused-ring (bicyclic) bond motifs is 1. The van der Waals surface area contributed by atoms with Crippen molar-refractivity contribution in [3.8, 4) is 17.2 Å². The van der Waals surface area contributed by atoms with Crippen LogP contribution >= 0.6 is 0 Å². The average molecular weight is 440 g/mol. The molecule has 0 saturated carbocycles. The van der Waals surface area contributed by atoms with Crippen molar-refractivity contribution in [3.63, 3.8) is 0 Å². The number of benzene rings is 2. The molecule has 2 aromatic carbocycles. The Morgan fingerprint density at radius 3 is 2.66 bits per heavy atom. The lowest BCUT2D eigenvalue weighted by Gasteiger charge is -2.41. The Balaban J connectivity index is 1.68. The number of ether oxygens (including phenoxy) is 4. The summed E-state index contributed by atoms with van der Waals surface area (Å²) in [6.45, 7) is 1.26. The maximum atomic E-state index is 13.2. The fraction of sp³-hybridized carbons (Fsp3) is 0.417. The van der Waals surface area contributed by atoms with E-state index < -0.39 is 12.0 Å². The van der Waals surface area contributed by atoms with Crippen molar-refractivity contribution >= 4 is 17.5 Å². The van der Waals surface area contributed by atoms with Gasteiger partial charge in [-0.2, -0.15) is 0 Å². The molecule has 1 fully saturated rings. The van der Waals surface area contributed by atoms with Crippen LogP contribution in [-0.2, 0) is 14.3 Å². The standard InChI is InChI=1S/C24H28N2O6/c1-29-13-3-12-25-24(28)19-9-11-22(27)26(17-6-10-20-21(14-17)32-15-31-20)23(19)16-4-7-18(30-2)8-5-16/h4-8,10,14,19,23H,3,9,11-13,15H2,1-2H3,(H,25,28)/t19-,23+/m0/s1. The number of hydrogen-bond donors (Lipinski definition) is 1. The lowest BCUT2D eigenvalue weighted by molar-refractivity contribution is -0.129. The molecule has 0 aromatic heterocycles. The second-order valence-corrected chi connectivity index (χ2v) is 7.80. The predicted molar refractivity (Wildman–Crippen MR) is 118 cm³/mol. The van der Waals surface area contributed by atoms with E-state index in [2.05, 4.69) is 5.32 Å². The zero-order valence-electron chi connectivity index (χ0n) is 18.3. The number of hydrogen-bond acceptors (Lipinski definition) is 6. The van der Waals surface area contributed by atoms with Crippen LogP contribution in [0.25, 0.3) is 0 Å². The zero-order valence-corrected chi connectivity index (χ0v) is 18.3. The van der Waals surface area contributed by atoms with Gasteiger partial charge in [0.2, 0.25) is 18.6 Å². The number of anilines is 1. The normalized spacial score (nSPS) is 19.7. The molecule has 2 amide bonds. The molecule has 2 atom stereocenters. The van der Waals surface area contributed by atoms with E-state index in [1.54, 1.807) is 31.3 Å². The van der Waals surface area contributed by atoms with Crippen LogP contribution in [0, 0.1) is 5.92 Å². The number of carbonyl (C=O) groups excluding carboxylic acids is 2. The number of amides is 2. The van der Waals surface area contributed by atoms with Crippen LogP contribution in [0.1, 0.15) is 30.9 Å². The Labute approximate surface area is 187 Å². The molecule has 0 unspecified atom stereocenters. The van der Waals surface area contributed by atoms with Gasteiger partial charge in [-0.1, -0.05) is 12.1 Å². The smallest absolute Gasteiger partial charge is 0.231 e. The van der Waals surface area contributed by atoms with Gasteiger partial charge < -0.3 is 29.2 Å². The van der Waals surface area contributed by atoms with Crippen LogP contribution in [0.4, 0.5) is 5.69 Å². The summed E-state index contributed by atoms with van der Waals surface area (Å²) < 4.78 is 21.3. The summed E-state index contributed by atoms with van der Waals surface area (Å²) >= 11 is 0. The van der Waals surface area contributed by atoms with Gasteiger partial charge in [0.1, 0.15) is 5.75 Å². The Kier molecular flexibility index (Phi) is 6.80. The first-order valence-electron chi connectivity index (χ1n) is 10.7. The molecule has 2 heterocycles. The minimum Gasteiger partial charge on any atom is -0.497 e. The molecule has 170 valence electrons. The maximum absolute atomic E-state index is 13.2. The van der Waals surface area contributed by atoms with Gasteiger partial charge in [0.05, 0.1) is 19.1 Å². The molecule has 1 N–H and O–H groups in total. The van der Waals surface area contributed by atoms with E-state index in [1.807, 2.05) is 30.3 Å². The van der Waals surface area contributed by atoms with Crippen molar-refractivity contribution in [2.45, 2.75) is 25.3 Å². The van der Waals surface area contributed by atoms with Crippen LogP contribution < -0.4 is 24.4 Å². The first-order chi connectivity index (χ1) is 15.6. The number of methoxy groups -OCH3 is 2. The summed E-state index contributed by atoms with van der Waals surface area (Å²) in [5.74, 6) is 1.45. The summed E-state index contributed by atoms with van der Waals surface area (Å²) in [6.07, 6.45) is 1.50. The summed E-state index contributed by atoms with van der Waals surface area (Å²) in [6, 6.07) is 12.5. The SMILES string of the molecule is COCCCNC(=O)[C@H]1CCC(=O)N(c2ccc3c(c2)OCO3)[C@@H]1c1ccc(OC)cc1. The van der Waals surface area contributed by atoms with E-state index in [0.717, 1.165) is 12.0 Å². The first kappa shape index (κ1) is 22.0. The summed E-state index contributed by atoms with van der Waals surface area (Å²) in [5, 5.41) is 3.01. The number of carbonyl (C=O) groups is 2. The molecule has 0 radical (unpaired) electrons. The van der Waals surface area contributed by atoms with Gasteiger partial charge in [-0.3, -0.25) is 9.59 Å². The van der Waals surface area contributed by atoms with Crippen LogP contribution in [-0.4, -0.2) is 46.0 Å². The summed E-state index contributed by atoms with van der Waals surface area (Å²) in [4.78, 5) is 28.0. The number of rotatable bonds is 8. The van der Waals surface area contributed by atoms with E-state index in [0.29, 0.717) is 42.5 Å². The molecule has 0 bridgehead atoms. The Hall–Kier alpha value is -3.26. The van der Waals surface area contributed by atoms with E-state index in [9.17, 15) is 9.59 Å². The molecular weight excluding hydrogens is 412 g/mol. The third-order valence-electron chi connectivity index (χ3n) is 5.85. The van der Waals surface area contributed by atoms with Gasteiger partial charge in [0.15, 0.2) is 11.5 Å². The molecule has 8 heteroatoms. The third-order valence-corrected chi connectivity index (χ3v) is 5.85. The average Bonchev–Trinajstić information content (AvgIpc) is 3.29. The van der Waals surface area contributed by atoms with E-state index in [-0.39, 0.29) is 25.0 Å². The van der Waals surface area contributed by atoms with Crippen LogP contribution in [0.3, 0.4) is 0 Å². The van der Waals surface area contributed by atoms with Crippen molar-refractivity contribution in [2.24, 2.45) is 5.92 Å². The van der Waals surface area contributed by atoms with Gasteiger partial charge in [-0.05, 0) is 42.7 Å². The van der Waals surface area contributed by atoms with Crippen molar-refractivity contribution in [2.75, 3.05) is 39.1 Å². The molecule has 8 nitrogen and oxygen atoms in total. The van der Waals surface area contributed by atoms with Gasteiger partial charge >= 0.3 is 0 Å². The van der Waals surface area contributed by atoms with Crippen LogP contribution in [0.2, 0.25) is 0 Å². The fourth-order valence-electron chi connectivity index (χ4n) is 4.25. The summed E-state index contributed by atoms with van der Waals surface area (Å²) in [7, 11) is 3.24. The Bertz CT molecular complexity index is 961. The van der Waals surface area contributed by atoms with Crippen molar-refractivity contribution in [1.82, 2.24) is 5.32 Å². The van der Waals surface area contributed by atoms with Crippen molar-refractivity contribution in [1.29, 1.82) is 0 Å². The topological polar surface area (TPSA) is 86.3 Å². The van der Waals surface area contributed by atoms with E-state index >= 15 is 0 Å². The van der Waals surface area contributed by atoms with Gasteiger partial charge in [-0.15, -0.1) is 0 Å². The number of nitrogens with one attached hydrogen (secondary N) is 1. The first-order valence-corrected chi connectivity index (χ1v) is 10.7. The second-order valence-electron chi connectivity index (χ2n) is 7.80. The Morgan fingerprint density at radius 1 is 1.12 bits per heavy atom. The van der Waals surface area contributed by atoms with Gasteiger partial charge in [-0.25, -0.2) is 0 Å². The highest BCUT2D eigenvalue weighted by Gasteiger charge is 2.41. The van der Waals surface area contributed by atoms with Crippen molar-refractivity contribution in [3.05, 3.63) is 48.0 Å². The quantitative estimate of drug-likeness (QED) is 0.635. The highest BCUT2D eigenvalue weighted by atomic mass is 16.7. The lowest BCUT2D eigenvalue weighted by atomic mass is 9.83. The molecule has 4 rings (SSSR count).